The summed E-state index contributed by atoms with van der Waals surface area (Å²) in [6.07, 6.45) is 3.95. The predicted molar refractivity (Wildman–Crippen MR) is 77.6 cm³/mol. The Morgan fingerprint density at radius 1 is 1.44 bits per heavy atom. The Morgan fingerprint density at radius 3 is 2.78 bits per heavy atom. The summed E-state index contributed by atoms with van der Waals surface area (Å²) >= 11 is 4.50. The van der Waals surface area contributed by atoms with Crippen LogP contribution in [0.15, 0.2) is 24.3 Å². The lowest BCUT2D eigenvalue weighted by Gasteiger charge is -2.43. The van der Waals surface area contributed by atoms with Gasteiger partial charge in [0.15, 0.2) is 0 Å². The molecule has 0 bridgehead atoms. The van der Waals surface area contributed by atoms with Crippen molar-refractivity contribution in [2.24, 2.45) is 5.41 Å². The van der Waals surface area contributed by atoms with Gasteiger partial charge in [0.1, 0.15) is 0 Å². The molecule has 18 heavy (non-hydrogen) atoms. The first-order chi connectivity index (χ1) is 8.67. The molecule has 0 radical (unpaired) electrons. The van der Waals surface area contributed by atoms with Gasteiger partial charge in [-0.3, -0.25) is 0 Å². The molecule has 1 saturated carbocycles. The molecule has 0 aliphatic heterocycles. The van der Waals surface area contributed by atoms with Gasteiger partial charge in [-0.2, -0.15) is 17.9 Å². The molecule has 1 aliphatic rings. The number of rotatable bonds is 5. The zero-order valence-corrected chi connectivity index (χ0v) is 11.8. The van der Waals surface area contributed by atoms with E-state index in [9.17, 15) is 0 Å². The number of nitriles is 1. The third-order valence-electron chi connectivity index (χ3n) is 3.86. The zero-order chi connectivity index (χ0) is 13.0. The number of hydrogen-bond donors (Lipinski definition) is 1. The summed E-state index contributed by atoms with van der Waals surface area (Å²) in [7, 11) is 2.16. The molecule has 1 aliphatic carbocycles. The molecule has 3 heteroatoms. The summed E-state index contributed by atoms with van der Waals surface area (Å²) in [5.41, 5.74) is 2.39. The first kappa shape index (κ1) is 13.5. The molecule has 2 rings (SSSR count). The van der Waals surface area contributed by atoms with Crippen LogP contribution in [0.2, 0.25) is 0 Å². The van der Waals surface area contributed by atoms with E-state index in [4.69, 9.17) is 5.26 Å². The summed E-state index contributed by atoms with van der Waals surface area (Å²) in [4.78, 5) is 2.35. The standard InChI is InChI=1S/C15H20N2S/c1-17(11-15(12-18)6-3-7-15)10-14-5-2-4-13(8-14)9-16/h2,4-5,8,18H,3,6-7,10-12H2,1H3. The molecule has 0 saturated heterocycles. The van der Waals surface area contributed by atoms with Crippen LogP contribution in [0.1, 0.15) is 30.4 Å². The van der Waals surface area contributed by atoms with Crippen LogP contribution in [0.3, 0.4) is 0 Å². The molecule has 1 aromatic rings. The van der Waals surface area contributed by atoms with Gasteiger partial charge in [-0.15, -0.1) is 0 Å². The van der Waals surface area contributed by atoms with Crippen molar-refractivity contribution in [2.75, 3.05) is 19.3 Å². The summed E-state index contributed by atoms with van der Waals surface area (Å²) < 4.78 is 0. The van der Waals surface area contributed by atoms with Crippen LogP contribution in [0.25, 0.3) is 0 Å². The Labute approximate surface area is 115 Å². The molecular weight excluding hydrogens is 240 g/mol. The van der Waals surface area contributed by atoms with E-state index in [0.29, 0.717) is 5.41 Å². The van der Waals surface area contributed by atoms with Crippen molar-refractivity contribution in [3.05, 3.63) is 35.4 Å². The van der Waals surface area contributed by atoms with Crippen LogP contribution in [0.5, 0.6) is 0 Å². The fraction of sp³-hybridized carbons (Fsp3) is 0.533. The largest absolute Gasteiger partial charge is 0.302 e. The number of hydrogen-bond acceptors (Lipinski definition) is 3. The normalized spacial score (nSPS) is 17.2. The molecule has 0 unspecified atom stereocenters. The average Bonchev–Trinajstić information content (AvgIpc) is 2.34. The van der Waals surface area contributed by atoms with Crippen molar-refractivity contribution in [3.8, 4) is 6.07 Å². The van der Waals surface area contributed by atoms with Gasteiger partial charge >= 0.3 is 0 Å². The van der Waals surface area contributed by atoms with Gasteiger partial charge in [0, 0.05) is 13.1 Å². The highest BCUT2D eigenvalue weighted by Gasteiger charge is 2.36. The lowest BCUT2D eigenvalue weighted by Crippen LogP contribution is -2.42. The summed E-state index contributed by atoms with van der Waals surface area (Å²) in [6, 6.07) is 10.1. The topological polar surface area (TPSA) is 27.0 Å². The molecule has 0 heterocycles. The number of benzene rings is 1. The van der Waals surface area contributed by atoms with Crippen molar-refractivity contribution >= 4 is 12.6 Å². The molecule has 0 N–H and O–H groups in total. The third kappa shape index (κ3) is 3.07. The van der Waals surface area contributed by atoms with Crippen molar-refractivity contribution in [1.82, 2.24) is 4.90 Å². The number of thiol groups is 1. The highest BCUT2D eigenvalue weighted by Crippen LogP contribution is 2.42. The maximum absolute atomic E-state index is 8.89. The molecule has 0 spiro atoms. The van der Waals surface area contributed by atoms with Gasteiger partial charge < -0.3 is 4.90 Å². The molecule has 2 nitrogen and oxygen atoms in total. The van der Waals surface area contributed by atoms with Crippen LogP contribution in [-0.4, -0.2) is 24.2 Å². The van der Waals surface area contributed by atoms with Crippen LogP contribution < -0.4 is 0 Å². The third-order valence-corrected chi connectivity index (χ3v) is 4.53. The monoisotopic (exact) mass is 260 g/mol. The molecule has 0 aromatic heterocycles. The van der Waals surface area contributed by atoms with E-state index >= 15 is 0 Å². The Kier molecular flexibility index (Phi) is 4.31. The minimum Gasteiger partial charge on any atom is -0.302 e. The summed E-state index contributed by atoms with van der Waals surface area (Å²) in [6.45, 7) is 2.01. The van der Waals surface area contributed by atoms with E-state index in [0.717, 1.165) is 24.4 Å². The van der Waals surface area contributed by atoms with E-state index in [2.05, 4.69) is 36.7 Å². The van der Waals surface area contributed by atoms with Gasteiger partial charge in [0.25, 0.3) is 0 Å². The summed E-state index contributed by atoms with van der Waals surface area (Å²) in [5, 5.41) is 8.89. The smallest absolute Gasteiger partial charge is 0.0991 e. The molecule has 1 aromatic carbocycles. The lowest BCUT2D eigenvalue weighted by molar-refractivity contribution is 0.102. The lowest BCUT2D eigenvalue weighted by atomic mass is 9.70. The van der Waals surface area contributed by atoms with E-state index in [1.165, 1.54) is 24.8 Å². The van der Waals surface area contributed by atoms with Crippen molar-refractivity contribution < 1.29 is 0 Å². The van der Waals surface area contributed by atoms with Crippen molar-refractivity contribution in [1.29, 1.82) is 5.26 Å². The maximum atomic E-state index is 8.89. The minimum atomic E-state index is 0.435. The summed E-state index contributed by atoms with van der Waals surface area (Å²) in [5.74, 6) is 0.982. The zero-order valence-electron chi connectivity index (χ0n) is 10.9. The van der Waals surface area contributed by atoms with Crippen LogP contribution in [0, 0.1) is 16.7 Å². The highest BCUT2D eigenvalue weighted by atomic mass is 32.1. The van der Waals surface area contributed by atoms with Crippen molar-refractivity contribution in [2.45, 2.75) is 25.8 Å². The van der Waals surface area contributed by atoms with Gasteiger partial charge in [-0.05, 0) is 48.8 Å². The fourth-order valence-corrected chi connectivity index (χ4v) is 3.14. The Bertz CT molecular complexity index is 441. The first-order valence-corrected chi connectivity index (χ1v) is 7.09. The molecular formula is C15H20N2S. The van der Waals surface area contributed by atoms with Gasteiger partial charge in [-0.1, -0.05) is 18.6 Å². The second kappa shape index (κ2) is 5.77. The molecule has 0 atom stereocenters. The molecule has 96 valence electrons. The van der Waals surface area contributed by atoms with Crippen molar-refractivity contribution in [3.63, 3.8) is 0 Å². The highest BCUT2D eigenvalue weighted by molar-refractivity contribution is 7.80. The van der Waals surface area contributed by atoms with Crippen LogP contribution >= 0.6 is 12.6 Å². The molecule has 1 fully saturated rings. The SMILES string of the molecule is CN(Cc1cccc(C#N)c1)CC1(CS)CCC1. The Balaban J connectivity index is 1.94. The average molecular weight is 260 g/mol. The maximum Gasteiger partial charge on any atom is 0.0991 e. The minimum absolute atomic E-state index is 0.435. The van der Waals surface area contributed by atoms with E-state index < -0.39 is 0 Å². The van der Waals surface area contributed by atoms with E-state index in [-0.39, 0.29) is 0 Å². The first-order valence-electron chi connectivity index (χ1n) is 6.46. The Morgan fingerprint density at radius 2 is 2.22 bits per heavy atom. The number of nitrogens with zero attached hydrogens (tertiary/aromatic N) is 2. The van der Waals surface area contributed by atoms with Crippen LogP contribution in [0.4, 0.5) is 0 Å². The quantitative estimate of drug-likeness (QED) is 0.824. The van der Waals surface area contributed by atoms with Gasteiger partial charge in [-0.25, -0.2) is 0 Å². The van der Waals surface area contributed by atoms with E-state index in [1.807, 2.05) is 18.2 Å². The second-order valence-corrected chi connectivity index (χ2v) is 5.81. The Hall–Kier alpha value is -0.980. The second-order valence-electron chi connectivity index (χ2n) is 5.50. The van der Waals surface area contributed by atoms with Gasteiger partial charge in [0.2, 0.25) is 0 Å². The fourth-order valence-electron chi connectivity index (χ4n) is 2.72. The van der Waals surface area contributed by atoms with Gasteiger partial charge in [0.05, 0.1) is 11.6 Å². The molecule has 0 amide bonds. The van der Waals surface area contributed by atoms with E-state index in [1.54, 1.807) is 0 Å². The van der Waals surface area contributed by atoms with Crippen LogP contribution in [-0.2, 0) is 6.54 Å². The predicted octanol–water partition coefficient (Wildman–Crippen LogP) is 3.09.